The van der Waals surface area contributed by atoms with Gasteiger partial charge in [-0.1, -0.05) is 345 Å². The normalized spacial score (nSPS) is 13.9. The molecule has 2 unspecified atom stereocenters. The van der Waals surface area contributed by atoms with Gasteiger partial charge in [-0.3, -0.25) is 14.2 Å². The van der Waals surface area contributed by atoms with Crippen LogP contribution in [-0.2, 0) is 32.7 Å². The van der Waals surface area contributed by atoms with Crippen molar-refractivity contribution in [2.75, 3.05) is 47.5 Å². The third kappa shape index (κ3) is 78.6. The SMILES string of the molecule is CC/C=C\C/C=C\C/C=C\C/C=C\C/C=C\C/C=C\C/C=C\CCCCCCCCCCCCCCCCCCCCCC(=O)OC(COC(=O)CCCCCCCCCCCCCC/C=C\C/C=C\C/C=C\C/C=C\C/C=C\C/C=C\CC)COP(=O)([O-])OCC[N+](C)(C)C. The van der Waals surface area contributed by atoms with Gasteiger partial charge in [0.15, 0.2) is 6.10 Å². The predicted octanol–water partition coefficient (Wildman–Crippen LogP) is 25.6. The molecule has 10 heteroatoms. The van der Waals surface area contributed by atoms with Crippen molar-refractivity contribution in [1.82, 2.24) is 0 Å². The fraction of sp³-hybridized carbons (Fsp3) is 0.674. The number of phosphoric acid groups is 1. The molecular formula is C86H146NO8P. The lowest BCUT2D eigenvalue weighted by molar-refractivity contribution is -0.870. The van der Waals surface area contributed by atoms with E-state index in [0.717, 1.165) is 128 Å². The largest absolute Gasteiger partial charge is 0.756 e. The van der Waals surface area contributed by atoms with Crippen LogP contribution in [0.4, 0.5) is 0 Å². The van der Waals surface area contributed by atoms with Crippen molar-refractivity contribution < 1.29 is 42.1 Å². The molecule has 2 atom stereocenters. The van der Waals surface area contributed by atoms with Gasteiger partial charge in [0.05, 0.1) is 27.7 Å². The molecule has 0 spiro atoms. The fourth-order valence-electron chi connectivity index (χ4n) is 10.6. The van der Waals surface area contributed by atoms with Gasteiger partial charge in [-0.2, -0.15) is 0 Å². The Morgan fingerprint density at radius 1 is 0.323 bits per heavy atom. The Bertz CT molecular complexity index is 2180. The van der Waals surface area contributed by atoms with Crippen LogP contribution in [0.3, 0.4) is 0 Å². The summed E-state index contributed by atoms with van der Waals surface area (Å²) in [5.74, 6) is -0.831. The standard InChI is InChI=1S/C86H146NO8P/c1-6-8-10-12-14-16-18-20-22-24-26-28-30-32-34-36-38-39-40-41-42-43-44-45-46-47-49-51-53-55-57-59-61-63-65-67-69-71-73-75-77-79-86(89)95-84(83-94-96(90,91)93-81-80-87(3,4)5)82-92-85(88)78-76-74-72-70-68-66-64-62-60-58-56-54-52-50-48-37-35-33-31-29-27-25-23-21-19-17-15-13-11-9-7-2/h8-11,14-17,20-23,26-29,32-35,38-39,41-42,48,50,84H,6-7,12-13,18-19,24-25,30-31,36-37,40,43-47,49,51-83H2,1-5H3/b10-8-,11-9-,16-14-,17-15-,22-20-,23-21-,28-26-,29-27-,34-32-,35-33-,39-38-,42-41-,50-48-. The van der Waals surface area contributed by atoms with Crippen molar-refractivity contribution >= 4 is 19.8 Å². The molecular weight excluding hydrogens is 1210 g/mol. The first kappa shape index (κ1) is 91.6. The van der Waals surface area contributed by atoms with Gasteiger partial charge >= 0.3 is 11.9 Å². The molecule has 0 heterocycles. The maximum absolute atomic E-state index is 12.9. The van der Waals surface area contributed by atoms with Crippen molar-refractivity contribution in [1.29, 1.82) is 0 Å². The molecule has 0 bridgehead atoms. The molecule has 0 amide bonds. The van der Waals surface area contributed by atoms with E-state index in [1.807, 2.05) is 21.1 Å². The number of allylic oxidation sites excluding steroid dienone is 26. The molecule has 0 fully saturated rings. The van der Waals surface area contributed by atoms with Crippen LogP contribution >= 0.6 is 7.82 Å². The molecule has 0 N–H and O–H groups in total. The zero-order valence-electron chi connectivity index (χ0n) is 62.5. The van der Waals surface area contributed by atoms with Gasteiger partial charge in [0.1, 0.15) is 19.8 Å². The molecule has 0 aromatic rings. The van der Waals surface area contributed by atoms with Gasteiger partial charge in [0, 0.05) is 12.8 Å². The first-order valence-corrected chi connectivity index (χ1v) is 40.7. The van der Waals surface area contributed by atoms with Crippen molar-refractivity contribution in [2.24, 2.45) is 0 Å². The molecule has 0 aliphatic rings. The van der Waals surface area contributed by atoms with E-state index in [1.54, 1.807) is 0 Å². The summed E-state index contributed by atoms with van der Waals surface area (Å²) in [6, 6.07) is 0. The molecule has 0 aliphatic heterocycles. The second-order valence-electron chi connectivity index (χ2n) is 27.0. The zero-order valence-corrected chi connectivity index (χ0v) is 63.4. The molecule has 0 saturated carbocycles. The van der Waals surface area contributed by atoms with E-state index in [4.69, 9.17) is 18.5 Å². The molecule has 0 radical (unpaired) electrons. The summed E-state index contributed by atoms with van der Waals surface area (Å²) in [4.78, 5) is 38.2. The predicted molar refractivity (Wildman–Crippen MR) is 415 cm³/mol. The first-order valence-electron chi connectivity index (χ1n) is 39.2. The number of nitrogens with zero attached hydrogens (tertiary/aromatic N) is 1. The van der Waals surface area contributed by atoms with Crippen molar-refractivity contribution in [3.63, 3.8) is 0 Å². The number of unbranched alkanes of at least 4 members (excludes halogenated alkanes) is 31. The summed E-state index contributed by atoms with van der Waals surface area (Å²) in [5.41, 5.74) is 0. The summed E-state index contributed by atoms with van der Waals surface area (Å²) in [6.07, 6.45) is 112. The van der Waals surface area contributed by atoms with Gasteiger partial charge < -0.3 is 27.9 Å². The van der Waals surface area contributed by atoms with Crippen molar-refractivity contribution in [2.45, 2.75) is 328 Å². The Hall–Kier alpha value is -4.37. The highest BCUT2D eigenvalue weighted by atomic mass is 31.2. The first-order chi connectivity index (χ1) is 47.0. The van der Waals surface area contributed by atoms with Gasteiger partial charge in [-0.15, -0.1) is 0 Å². The molecule has 0 aromatic heterocycles. The van der Waals surface area contributed by atoms with Crippen LogP contribution in [0.1, 0.15) is 322 Å². The number of carbonyl (C=O) groups is 2. The van der Waals surface area contributed by atoms with E-state index >= 15 is 0 Å². The summed E-state index contributed by atoms with van der Waals surface area (Å²) in [7, 11) is 1.16. The van der Waals surface area contributed by atoms with Crippen LogP contribution < -0.4 is 4.89 Å². The minimum Gasteiger partial charge on any atom is -0.756 e. The zero-order chi connectivity index (χ0) is 69.7. The second kappa shape index (κ2) is 74.8. The van der Waals surface area contributed by atoms with Crippen LogP contribution in [-0.4, -0.2) is 70.0 Å². The fourth-order valence-corrected chi connectivity index (χ4v) is 11.4. The Labute approximate surface area is 592 Å². The number of quaternary nitrogens is 1. The molecule has 0 aromatic carbocycles. The summed E-state index contributed by atoms with van der Waals surface area (Å²) >= 11 is 0. The molecule has 96 heavy (non-hydrogen) atoms. The number of ether oxygens (including phenoxy) is 2. The summed E-state index contributed by atoms with van der Waals surface area (Å²) in [5, 5.41) is 0. The van der Waals surface area contributed by atoms with Crippen LogP contribution in [0.25, 0.3) is 0 Å². The maximum Gasteiger partial charge on any atom is 0.306 e. The Morgan fingerprint density at radius 2 is 0.562 bits per heavy atom. The van der Waals surface area contributed by atoms with Crippen LogP contribution in [0.15, 0.2) is 158 Å². The lowest BCUT2D eigenvalue weighted by Gasteiger charge is -2.28. The number of hydrogen-bond donors (Lipinski definition) is 0. The average molecular weight is 1350 g/mol. The van der Waals surface area contributed by atoms with E-state index in [0.29, 0.717) is 17.4 Å². The molecule has 0 rings (SSSR count). The highest BCUT2D eigenvalue weighted by molar-refractivity contribution is 7.45. The minimum absolute atomic E-state index is 0.0357. The van der Waals surface area contributed by atoms with E-state index in [9.17, 15) is 19.0 Å². The highest BCUT2D eigenvalue weighted by Gasteiger charge is 2.22. The lowest BCUT2D eigenvalue weighted by atomic mass is 10.0. The van der Waals surface area contributed by atoms with Crippen molar-refractivity contribution in [3.05, 3.63) is 158 Å². The number of esters is 2. The smallest absolute Gasteiger partial charge is 0.306 e. The van der Waals surface area contributed by atoms with E-state index in [2.05, 4.69) is 172 Å². The van der Waals surface area contributed by atoms with E-state index in [-0.39, 0.29) is 32.0 Å². The van der Waals surface area contributed by atoms with Crippen LogP contribution in [0.2, 0.25) is 0 Å². The third-order valence-corrected chi connectivity index (χ3v) is 17.5. The number of likely N-dealkylation sites (N-methyl/N-ethyl adjacent to an activating group) is 1. The number of carbonyl (C=O) groups excluding carboxylic acids is 2. The summed E-state index contributed by atoms with van der Waals surface area (Å²) < 4.78 is 34.4. The monoisotopic (exact) mass is 1350 g/mol. The Balaban J connectivity index is 3.99. The molecule has 0 saturated heterocycles. The topological polar surface area (TPSA) is 111 Å². The van der Waals surface area contributed by atoms with Gasteiger partial charge in [0.25, 0.3) is 7.82 Å². The molecule has 9 nitrogen and oxygen atoms in total. The minimum atomic E-state index is -4.65. The molecule has 0 aliphatic carbocycles. The average Bonchev–Trinajstić information content (AvgIpc) is 2.54. The number of hydrogen-bond acceptors (Lipinski definition) is 8. The second-order valence-corrected chi connectivity index (χ2v) is 28.4. The Morgan fingerprint density at radius 3 is 0.833 bits per heavy atom. The van der Waals surface area contributed by atoms with Crippen LogP contribution in [0.5, 0.6) is 0 Å². The lowest BCUT2D eigenvalue weighted by Crippen LogP contribution is -2.37. The van der Waals surface area contributed by atoms with E-state index < -0.39 is 26.5 Å². The van der Waals surface area contributed by atoms with E-state index in [1.165, 1.54) is 161 Å². The van der Waals surface area contributed by atoms with Gasteiger partial charge in [0.2, 0.25) is 0 Å². The number of rotatable bonds is 71. The number of phosphoric ester groups is 1. The molecule has 548 valence electrons. The van der Waals surface area contributed by atoms with Gasteiger partial charge in [-0.25, -0.2) is 0 Å². The highest BCUT2D eigenvalue weighted by Crippen LogP contribution is 2.38. The quantitative estimate of drug-likeness (QED) is 0.0195. The Kier molecular flexibility index (Phi) is 71.4. The maximum atomic E-state index is 12.9. The van der Waals surface area contributed by atoms with Crippen LogP contribution in [0, 0.1) is 0 Å². The summed E-state index contributed by atoms with van der Waals surface area (Å²) in [6.45, 7) is 4.03. The third-order valence-electron chi connectivity index (χ3n) is 16.5. The van der Waals surface area contributed by atoms with Crippen molar-refractivity contribution in [3.8, 4) is 0 Å². The van der Waals surface area contributed by atoms with Gasteiger partial charge in [-0.05, 0) is 122 Å².